The molecule has 0 aromatic heterocycles. The number of Topliss-reactive ketones (excluding diaryl/α,β-unsaturated/α-hetero) is 1. The highest BCUT2D eigenvalue weighted by molar-refractivity contribution is 5.97. The number of nitrogens with zero attached hydrogens (tertiary/aromatic N) is 1. The Morgan fingerprint density at radius 2 is 1.80 bits per heavy atom. The van der Waals surface area contributed by atoms with E-state index >= 15 is 0 Å². The fourth-order valence-electron chi connectivity index (χ4n) is 3.06. The second-order valence-corrected chi connectivity index (χ2v) is 5.98. The summed E-state index contributed by atoms with van der Waals surface area (Å²) in [5, 5.41) is 0. The van der Waals surface area contributed by atoms with Crippen LogP contribution in [0.1, 0.15) is 55.5 Å². The fourth-order valence-corrected chi connectivity index (χ4v) is 3.06. The monoisotopic (exact) mass is 273 g/mol. The fraction of sp³-hybridized carbons (Fsp3) is 0.611. The van der Waals surface area contributed by atoms with Crippen LogP contribution in [0.4, 0.5) is 0 Å². The van der Waals surface area contributed by atoms with Gasteiger partial charge in [-0.3, -0.25) is 9.69 Å². The Morgan fingerprint density at radius 1 is 1.15 bits per heavy atom. The van der Waals surface area contributed by atoms with Crippen molar-refractivity contribution in [2.45, 2.75) is 46.0 Å². The lowest BCUT2D eigenvalue weighted by Crippen LogP contribution is -2.37. The van der Waals surface area contributed by atoms with E-state index in [9.17, 15) is 4.79 Å². The van der Waals surface area contributed by atoms with Gasteiger partial charge in [-0.1, -0.05) is 51.0 Å². The van der Waals surface area contributed by atoms with Crippen molar-refractivity contribution < 1.29 is 4.79 Å². The van der Waals surface area contributed by atoms with Gasteiger partial charge in [-0.2, -0.15) is 0 Å². The second kappa shape index (κ2) is 7.58. The minimum atomic E-state index is 0.265. The van der Waals surface area contributed by atoms with Gasteiger partial charge in [0.25, 0.3) is 0 Å². The molecule has 1 fully saturated rings. The van der Waals surface area contributed by atoms with Crippen LogP contribution in [-0.2, 0) is 6.42 Å². The summed E-state index contributed by atoms with van der Waals surface area (Å²) in [5.74, 6) is 1.15. The molecule has 1 aromatic carbocycles. The van der Waals surface area contributed by atoms with Crippen molar-refractivity contribution in [3.05, 3.63) is 35.4 Å². The molecule has 1 heterocycles. The molecule has 0 aliphatic carbocycles. The molecular weight excluding hydrogens is 246 g/mol. The van der Waals surface area contributed by atoms with Crippen LogP contribution in [-0.4, -0.2) is 30.3 Å². The Kier molecular flexibility index (Phi) is 5.78. The lowest BCUT2D eigenvalue weighted by Gasteiger charge is -2.31. The Bertz CT molecular complexity index is 416. The number of carbonyl (C=O) groups excluding carboxylic acids is 1. The highest BCUT2D eigenvalue weighted by atomic mass is 16.1. The first-order valence-corrected chi connectivity index (χ1v) is 8.07. The number of carbonyl (C=O) groups is 1. The van der Waals surface area contributed by atoms with E-state index in [4.69, 9.17) is 0 Å². The third-order valence-corrected chi connectivity index (χ3v) is 4.46. The van der Waals surface area contributed by atoms with E-state index < -0.39 is 0 Å². The lowest BCUT2D eigenvalue weighted by atomic mass is 9.92. The topological polar surface area (TPSA) is 20.3 Å². The van der Waals surface area contributed by atoms with Gasteiger partial charge in [0.2, 0.25) is 0 Å². The van der Waals surface area contributed by atoms with Gasteiger partial charge < -0.3 is 0 Å². The van der Waals surface area contributed by atoms with Gasteiger partial charge >= 0.3 is 0 Å². The molecule has 1 aromatic rings. The van der Waals surface area contributed by atoms with Crippen LogP contribution in [0.15, 0.2) is 24.3 Å². The summed E-state index contributed by atoms with van der Waals surface area (Å²) in [6.07, 6.45) is 6.18. The van der Waals surface area contributed by atoms with E-state index in [0.717, 1.165) is 31.0 Å². The molecule has 0 saturated carbocycles. The van der Waals surface area contributed by atoms with Crippen LogP contribution in [0.3, 0.4) is 0 Å². The molecule has 0 radical (unpaired) electrons. The standard InChI is InChI=1S/C18H27NO/c1-3-5-16-10-12-19(13-11-16)14-18(20)17-8-6-15(4-2)7-9-17/h6-9,16H,3-5,10-14H2,1-2H3. The van der Waals surface area contributed by atoms with E-state index in [0.29, 0.717) is 6.54 Å². The van der Waals surface area contributed by atoms with Gasteiger partial charge in [-0.15, -0.1) is 0 Å². The van der Waals surface area contributed by atoms with Crippen LogP contribution < -0.4 is 0 Å². The molecule has 2 nitrogen and oxygen atoms in total. The summed E-state index contributed by atoms with van der Waals surface area (Å²) in [6.45, 7) is 7.16. The average molecular weight is 273 g/mol. The SMILES string of the molecule is CCCC1CCN(CC(=O)c2ccc(CC)cc2)CC1. The maximum absolute atomic E-state index is 12.3. The van der Waals surface area contributed by atoms with Crippen LogP contribution in [0, 0.1) is 5.92 Å². The molecule has 0 N–H and O–H groups in total. The maximum Gasteiger partial charge on any atom is 0.176 e. The molecule has 20 heavy (non-hydrogen) atoms. The number of likely N-dealkylation sites (tertiary alicyclic amines) is 1. The molecule has 0 atom stereocenters. The largest absolute Gasteiger partial charge is 0.296 e. The van der Waals surface area contributed by atoms with Crippen molar-refractivity contribution in [1.82, 2.24) is 4.90 Å². The van der Waals surface area contributed by atoms with Crippen LogP contribution >= 0.6 is 0 Å². The van der Waals surface area contributed by atoms with Gasteiger partial charge in [0.1, 0.15) is 0 Å². The minimum absolute atomic E-state index is 0.265. The minimum Gasteiger partial charge on any atom is -0.296 e. The molecule has 1 aliphatic rings. The average Bonchev–Trinajstić information content (AvgIpc) is 2.49. The molecule has 0 bridgehead atoms. The summed E-state index contributed by atoms with van der Waals surface area (Å²) < 4.78 is 0. The summed E-state index contributed by atoms with van der Waals surface area (Å²) >= 11 is 0. The number of rotatable bonds is 6. The Hall–Kier alpha value is -1.15. The molecule has 1 aliphatic heterocycles. The van der Waals surface area contributed by atoms with Crippen LogP contribution in [0.5, 0.6) is 0 Å². The Labute approximate surface area is 123 Å². The van der Waals surface area contributed by atoms with E-state index in [1.165, 1.54) is 31.2 Å². The van der Waals surface area contributed by atoms with E-state index in [1.807, 2.05) is 12.1 Å². The Balaban J connectivity index is 1.82. The molecular formula is C18H27NO. The third-order valence-electron chi connectivity index (χ3n) is 4.46. The van der Waals surface area contributed by atoms with Crippen molar-refractivity contribution in [3.8, 4) is 0 Å². The first-order chi connectivity index (χ1) is 9.72. The Morgan fingerprint density at radius 3 is 2.35 bits per heavy atom. The van der Waals surface area contributed by atoms with Gasteiger partial charge in [-0.25, -0.2) is 0 Å². The van der Waals surface area contributed by atoms with Crippen LogP contribution in [0.25, 0.3) is 0 Å². The van der Waals surface area contributed by atoms with Crippen molar-refractivity contribution >= 4 is 5.78 Å². The summed E-state index contributed by atoms with van der Waals surface area (Å²) in [7, 11) is 0. The zero-order chi connectivity index (χ0) is 14.4. The normalized spacial score (nSPS) is 17.3. The zero-order valence-corrected chi connectivity index (χ0v) is 12.9. The van der Waals surface area contributed by atoms with Crippen molar-refractivity contribution in [3.63, 3.8) is 0 Å². The van der Waals surface area contributed by atoms with Gasteiger partial charge in [0.15, 0.2) is 5.78 Å². The second-order valence-electron chi connectivity index (χ2n) is 5.98. The van der Waals surface area contributed by atoms with Gasteiger partial charge in [0, 0.05) is 5.56 Å². The summed E-state index contributed by atoms with van der Waals surface area (Å²) in [4.78, 5) is 14.6. The number of piperidine rings is 1. The van der Waals surface area contributed by atoms with Crippen molar-refractivity contribution in [1.29, 1.82) is 0 Å². The highest BCUT2D eigenvalue weighted by Crippen LogP contribution is 2.21. The number of hydrogen-bond acceptors (Lipinski definition) is 2. The number of ketones is 1. The van der Waals surface area contributed by atoms with E-state index in [-0.39, 0.29) is 5.78 Å². The smallest absolute Gasteiger partial charge is 0.176 e. The summed E-state index contributed by atoms with van der Waals surface area (Å²) in [6, 6.07) is 8.09. The predicted octanol–water partition coefficient (Wildman–Crippen LogP) is 3.94. The molecule has 2 rings (SSSR count). The molecule has 0 spiro atoms. The maximum atomic E-state index is 12.3. The van der Waals surface area contributed by atoms with Gasteiger partial charge in [0.05, 0.1) is 6.54 Å². The molecule has 2 heteroatoms. The van der Waals surface area contributed by atoms with E-state index in [1.54, 1.807) is 0 Å². The molecule has 0 unspecified atom stereocenters. The van der Waals surface area contributed by atoms with Crippen molar-refractivity contribution in [2.75, 3.05) is 19.6 Å². The van der Waals surface area contributed by atoms with Gasteiger partial charge in [-0.05, 0) is 43.8 Å². The quantitative estimate of drug-likeness (QED) is 0.732. The van der Waals surface area contributed by atoms with Crippen molar-refractivity contribution in [2.24, 2.45) is 5.92 Å². The first kappa shape index (κ1) is 15.2. The first-order valence-electron chi connectivity index (χ1n) is 8.07. The molecule has 1 saturated heterocycles. The highest BCUT2D eigenvalue weighted by Gasteiger charge is 2.20. The predicted molar refractivity (Wildman–Crippen MR) is 84.2 cm³/mol. The van der Waals surface area contributed by atoms with E-state index in [2.05, 4.69) is 30.9 Å². The number of aryl methyl sites for hydroxylation is 1. The number of hydrogen-bond donors (Lipinski definition) is 0. The molecule has 0 amide bonds. The summed E-state index contributed by atoms with van der Waals surface area (Å²) in [5.41, 5.74) is 2.15. The lowest BCUT2D eigenvalue weighted by molar-refractivity contribution is 0.0893. The third kappa shape index (κ3) is 4.17. The zero-order valence-electron chi connectivity index (χ0n) is 12.9. The van der Waals surface area contributed by atoms with Crippen LogP contribution in [0.2, 0.25) is 0 Å². The number of benzene rings is 1. The molecule has 110 valence electrons.